The molecule has 2 nitrogen and oxygen atoms in total. The molecule has 2 rings (SSSR count). The molecule has 23 heavy (non-hydrogen) atoms. The van der Waals surface area contributed by atoms with Crippen LogP contribution >= 0.6 is 0 Å². The Morgan fingerprint density at radius 3 is 2.04 bits per heavy atom. The van der Waals surface area contributed by atoms with Gasteiger partial charge >= 0.3 is 0 Å². The average molecular weight is 312 g/mol. The van der Waals surface area contributed by atoms with Crippen molar-refractivity contribution in [3.63, 3.8) is 0 Å². The third-order valence-electron chi connectivity index (χ3n) is 3.64. The Balaban J connectivity index is 0.00000264. The zero-order chi connectivity index (χ0) is 16.5. The number of carbonyl (C=O) groups is 1. The third-order valence-corrected chi connectivity index (χ3v) is 3.64. The highest BCUT2D eigenvalue weighted by molar-refractivity contribution is 5.81. The highest BCUT2D eigenvalue weighted by atomic mass is 16.5. The summed E-state index contributed by atoms with van der Waals surface area (Å²) < 4.78 is 5.94. The van der Waals surface area contributed by atoms with Crippen molar-refractivity contribution < 1.29 is 9.53 Å². The van der Waals surface area contributed by atoms with Gasteiger partial charge in [-0.05, 0) is 87.6 Å². The minimum atomic E-state index is -0.295. The van der Waals surface area contributed by atoms with Crippen LogP contribution in [0.15, 0.2) is 30.3 Å². The van der Waals surface area contributed by atoms with Gasteiger partial charge in [-0.25, -0.2) is 0 Å². The van der Waals surface area contributed by atoms with E-state index < -0.39 is 0 Å². The van der Waals surface area contributed by atoms with Gasteiger partial charge in [0.2, 0.25) is 0 Å². The molecule has 2 aromatic rings. The van der Waals surface area contributed by atoms with Crippen LogP contribution in [0.5, 0.6) is 5.75 Å². The minimum absolute atomic E-state index is 0. The largest absolute Gasteiger partial charge is 0.488 e. The lowest BCUT2D eigenvalue weighted by Gasteiger charge is -2.22. The minimum Gasteiger partial charge on any atom is -0.488 e. The van der Waals surface area contributed by atoms with Gasteiger partial charge < -0.3 is 4.74 Å². The van der Waals surface area contributed by atoms with Crippen LogP contribution in [-0.2, 0) is 0 Å². The molecular weight excluding hydrogens is 284 g/mol. The number of hydrogen-bond acceptors (Lipinski definition) is 2. The zero-order valence-electron chi connectivity index (χ0n) is 14.3. The maximum absolute atomic E-state index is 11.3. The van der Waals surface area contributed by atoms with E-state index in [1.807, 2.05) is 32.9 Å². The molecule has 0 radical (unpaired) electrons. The molecule has 0 atom stereocenters. The van der Waals surface area contributed by atoms with Crippen molar-refractivity contribution in [1.82, 2.24) is 0 Å². The molecule has 0 aliphatic carbocycles. The average Bonchev–Trinajstić information content (AvgIpc) is 2.40. The molecule has 0 unspecified atom stereocenters. The molecule has 2 aromatic carbocycles. The second kappa shape index (κ2) is 6.99. The number of carbonyl (C=O) groups excluding carboxylic acids is 1. The van der Waals surface area contributed by atoms with E-state index in [0.29, 0.717) is 5.56 Å². The maximum atomic E-state index is 11.3. The molecule has 0 amide bonds. The molecule has 0 N–H and O–H groups in total. The Kier molecular flexibility index (Phi) is 5.76. The summed E-state index contributed by atoms with van der Waals surface area (Å²) in [5.74, 6) is 0.727. The van der Waals surface area contributed by atoms with Crippen molar-refractivity contribution in [2.45, 2.75) is 54.6 Å². The molecule has 0 bridgehead atoms. The summed E-state index contributed by atoms with van der Waals surface area (Å²) in [6, 6.07) is 10.1. The first kappa shape index (κ1) is 19.0. The summed E-state index contributed by atoms with van der Waals surface area (Å²) in [6.45, 7) is 12.3. The maximum Gasteiger partial charge on any atom is 0.150 e. The summed E-state index contributed by atoms with van der Waals surface area (Å²) in [4.78, 5) is 11.3. The van der Waals surface area contributed by atoms with E-state index in [0.717, 1.165) is 23.2 Å². The second-order valence-corrected chi connectivity index (χ2v) is 6.87. The van der Waals surface area contributed by atoms with Gasteiger partial charge in [-0.2, -0.15) is 0 Å². The molecule has 0 heterocycles. The van der Waals surface area contributed by atoms with Gasteiger partial charge in [-0.15, -0.1) is 0 Å². The van der Waals surface area contributed by atoms with Crippen LogP contribution in [0.4, 0.5) is 0 Å². The normalized spacial score (nSPS) is 10.9. The SMILES string of the molecule is C.Cc1cc(C)c(-c2cc(C=O)cc(OC(C)(C)C)c2)cc1C. The Bertz CT molecular complexity index is 707. The molecule has 0 aliphatic heterocycles. The summed E-state index contributed by atoms with van der Waals surface area (Å²) in [6.07, 6.45) is 0.870. The lowest BCUT2D eigenvalue weighted by atomic mass is 9.94. The Hall–Kier alpha value is -2.09. The van der Waals surface area contributed by atoms with E-state index >= 15 is 0 Å². The Labute approximate surface area is 140 Å². The van der Waals surface area contributed by atoms with Crippen molar-refractivity contribution in [2.24, 2.45) is 0 Å². The molecule has 124 valence electrons. The van der Waals surface area contributed by atoms with Crippen molar-refractivity contribution in [1.29, 1.82) is 0 Å². The number of aldehydes is 1. The van der Waals surface area contributed by atoms with Gasteiger partial charge in [-0.3, -0.25) is 4.79 Å². The van der Waals surface area contributed by atoms with Crippen LogP contribution in [-0.4, -0.2) is 11.9 Å². The van der Waals surface area contributed by atoms with E-state index in [1.54, 1.807) is 6.07 Å². The van der Waals surface area contributed by atoms with Gasteiger partial charge in [0.1, 0.15) is 17.6 Å². The van der Waals surface area contributed by atoms with Crippen molar-refractivity contribution in [2.75, 3.05) is 0 Å². The van der Waals surface area contributed by atoms with E-state index in [4.69, 9.17) is 4.74 Å². The number of ether oxygens (including phenoxy) is 1. The smallest absolute Gasteiger partial charge is 0.150 e. The quantitative estimate of drug-likeness (QED) is 0.659. The highest BCUT2D eigenvalue weighted by Gasteiger charge is 2.14. The predicted molar refractivity (Wildman–Crippen MR) is 98.6 cm³/mol. The van der Waals surface area contributed by atoms with E-state index in [9.17, 15) is 4.79 Å². The second-order valence-electron chi connectivity index (χ2n) is 6.87. The summed E-state index contributed by atoms with van der Waals surface area (Å²) in [5.41, 5.74) is 6.23. The van der Waals surface area contributed by atoms with Crippen LogP contribution < -0.4 is 4.74 Å². The predicted octanol–water partition coefficient (Wildman–Crippen LogP) is 5.90. The Morgan fingerprint density at radius 2 is 1.48 bits per heavy atom. The van der Waals surface area contributed by atoms with Gasteiger partial charge in [0.05, 0.1) is 0 Å². The Morgan fingerprint density at radius 1 is 0.870 bits per heavy atom. The van der Waals surface area contributed by atoms with Crippen molar-refractivity contribution in [3.05, 3.63) is 52.6 Å². The summed E-state index contributed by atoms with van der Waals surface area (Å²) in [5, 5.41) is 0. The number of aryl methyl sites for hydroxylation is 3. The van der Waals surface area contributed by atoms with E-state index in [2.05, 4.69) is 32.9 Å². The lowest BCUT2D eigenvalue weighted by Crippen LogP contribution is -2.23. The van der Waals surface area contributed by atoms with Gasteiger partial charge in [0, 0.05) is 5.56 Å². The molecule has 0 aromatic heterocycles. The van der Waals surface area contributed by atoms with Gasteiger partial charge in [0.15, 0.2) is 0 Å². The summed E-state index contributed by atoms with van der Waals surface area (Å²) >= 11 is 0. The molecule has 0 fully saturated rings. The van der Waals surface area contributed by atoms with Crippen LogP contribution in [0, 0.1) is 20.8 Å². The monoisotopic (exact) mass is 312 g/mol. The van der Waals surface area contributed by atoms with Crippen LogP contribution in [0.2, 0.25) is 0 Å². The lowest BCUT2D eigenvalue weighted by molar-refractivity contribution is 0.111. The van der Waals surface area contributed by atoms with Crippen molar-refractivity contribution >= 4 is 6.29 Å². The van der Waals surface area contributed by atoms with E-state index in [1.165, 1.54) is 16.7 Å². The fourth-order valence-electron chi connectivity index (χ4n) is 2.53. The van der Waals surface area contributed by atoms with Crippen LogP contribution in [0.25, 0.3) is 11.1 Å². The number of rotatable bonds is 3. The highest BCUT2D eigenvalue weighted by Crippen LogP contribution is 2.31. The molecular formula is C21H28O2. The first-order chi connectivity index (χ1) is 10.2. The molecule has 0 spiro atoms. The van der Waals surface area contributed by atoms with Gasteiger partial charge in [0.25, 0.3) is 0 Å². The number of hydrogen-bond donors (Lipinski definition) is 0. The zero-order valence-corrected chi connectivity index (χ0v) is 14.3. The first-order valence-corrected chi connectivity index (χ1v) is 7.57. The fraction of sp³-hybridized carbons (Fsp3) is 0.381. The molecule has 2 heteroatoms. The topological polar surface area (TPSA) is 26.3 Å². The van der Waals surface area contributed by atoms with Crippen LogP contribution in [0.1, 0.15) is 55.2 Å². The summed E-state index contributed by atoms with van der Waals surface area (Å²) in [7, 11) is 0. The fourth-order valence-corrected chi connectivity index (χ4v) is 2.53. The number of benzene rings is 2. The van der Waals surface area contributed by atoms with Crippen molar-refractivity contribution in [3.8, 4) is 16.9 Å². The van der Waals surface area contributed by atoms with E-state index in [-0.39, 0.29) is 13.0 Å². The van der Waals surface area contributed by atoms with Crippen LogP contribution in [0.3, 0.4) is 0 Å². The molecule has 0 saturated carbocycles. The first-order valence-electron chi connectivity index (χ1n) is 7.57. The van der Waals surface area contributed by atoms with Gasteiger partial charge in [-0.1, -0.05) is 19.6 Å². The molecule has 0 saturated heterocycles. The third kappa shape index (κ3) is 4.69. The standard InChI is InChI=1S/C20H24O2.CH4/c1-13-7-15(3)19(8-14(13)2)17-9-16(12-21)10-18(11-17)22-20(4,5)6;/h7-12H,1-6H3;1H4. The molecule has 0 aliphatic rings.